The number of carbonyl (C=O) groups is 2. The number of aryl methyl sites for hydroxylation is 1. The number of hydrogen-bond acceptors (Lipinski definition) is 8. The molecule has 0 saturated heterocycles. The van der Waals surface area contributed by atoms with Gasteiger partial charge in [0.25, 0.3) is 10.0 Å². The molecule has 1 N–H and O–H groups in total. The van der Waals surface area contributed by atoms with Crippen LogP contribution in [0.15, 0.2) is 35.2 Å². The lowest BCUT2D eigenvalue weighted by Crippen LogP contribution is -2.17. The highest BCUT2D eigenvalue weighted by molar-refractivity contribution is 7.92. The summed E-state index contributed by atoms with van der Waals surface area (Å²) in [6.07, 6.45) is 0. The lowest BCUT2D eigenvalue weighted by molar-refractivity contribution is 0.0591. The van der Waals surface area contributed by atoms with E-state index in [1.165, 1.54) is 58.8 Å². The molecule has 0 aliphatic heterocycles. The van der Waals surface area contributed by atoms with Crippen molar-refractivity contribution < 1.29 is 37.0 Å². The van der Waals surface area contributed by atoms with Crippen molar-refractivity contribution in [2.24, 2.45) is 0 Å². The number of nitrogens with one attached hydrogen (secondary N) is 1. The average molecular weight is 423 g/mol. The van der Waals surface area contributed by atoms with Crippen LogP contribution in [0.2, 0.25) is 0 Å². The molecule has 0 aromatic heterocycles. The van der Waals surface area contributed by atoms with Crippen molar-refractivity contribution in [3.8, 4) is 11.5 Å². The predicted octanol–water partition coefficient (Wildman–Crippen LogP) is 2.39. The van der Waals surface area contributed by atoms with Gasteiger partial charge >= 0.3 is 11.9 Å². The summed E-state index contributed by atoms with van der Waals surface area (Å²) >= 11 is 0. The molecule has 156 valence electrons. The van der Waals surface area contributed by atoms with Crippen LogP contribution in [-0.2, 0) is 19.5 Å². The van der Waals surface area contributed by atoms with E-state index < -0.39 is 22.0 Å². The minimum absolute atomic E-state index is 0.0744. The largest absolute Gasteiger partial charge is 0.493 e. The van der Waals surface area contributed by atoms with Crippen molar-refractivity contribution in [2.75, 3.05) is 33.2 Å². The highest BCUT2D eigenvalue weighted by Crippen LogP contribution is 2.35. The van der Waals surface area contributed by atoms with Gasteiger partial charge in [0.2, 0.25) is 0 Å². The Hall–Kier alpha value is -3.27. The van der Waals surface area contributed by atoms with Crippen molar-refractivity contribution >= 4 is 27.6 Å². The van der Waals surface area contributed by atoms with E-state index in [-0.39, 0.29) is 33.2 Å². The molecule has 0 amide bonds. The molecule has 0 unspecified atom stereocenters. The minimum Gasteiger partial charge on any atom is -0.493 e. The van der Waals surface area contributed by atoms with E-state index in [9.17, 15) is 18.0 Å². The Bertz CT molecular complexity index is 1050. The molecular weight excluding hydrogens is 402 g/mol. The summed E-state index contributed by atoms with van der Waals surface area (Å²) in [6, 6.07) is 6.62. The molecule has 0 radical (unpaired) electrons. The standard InChI is InChI=1S/C19H21NO8S/c1-11-6-7-12(8-13(11)18(21)27-4)29(23,24)20-15-10-17(26-3)16(25-2)9-14(15)19(22)28-5/h6-10,20H,1-5H3. The van der Waals surface area contributed by atoms with Gasteiger partial charge in [-0.05, 0) is 24.6 Å². The Morgan fingerprint density at radius 1 is 0.828 bits per heavy atom. The number of methoxy groups -OCH3 is 4. The second kappa shape index (κ2) is 8.82. The van der Waals surface area contributed by atoms with Crippen LogP contribution in [0.25, 0.3) is 0 Å². The summed E-state index contributed by atoms with van der Waals surface area (Å²) in [4.78, 5) is 23.8. The van der Waals surface area contributed by atoms with E-state index in [0.717, 1.165) is 0 Å². The fourth-order valence-electron chi connectivity index (χ4n) is 2.54. The van der Waals surface area contributed by atoms with Crippen molar-refractivity contribution in [1.29, 1.82) is 0 Å². The Kier molecular flexibility index (Phi) is 6.70. The zero-order valence-electron chi connectivity index (χ0n) is 16.6. The van der Waals surface area contributed by atoms with Gasteiger partial charge in [-0.15, -0.1) is 0 Å². The van der Waals surface area contributed by atoms with Gasteiger partial charge in [-0.1, -0.05) is 6.07 Å². The Balaban J connectivity index is 2.57. The van der Waals surface area contributed by atoms with Crippen LogP contribution in [0.1, 0.15) is 26.3 Å². The van der Waals surface area contributed by atoms with Gasteiger partial charge in [-0.2, -0.15) is 0 Å². The molecule has 0 spiro atoms. The summed E-state index contributed by atoms with van der Waals surface area (Å²) in [5, 5.41) is 0. The van der Waals surface area contributed by atoms with Crippen molar-refractivity contribution in [2.45, 2.75) is 11.8 Å². The lowest BCUT2D eigenvalue weighted by atomic mass is 10.1. The number of sulfonamides is 1. The van der Waals surface area contributed by atoms with Gasteiger partial charge < -0.3 is 18.9 Å². The van der Waals surface area contributed by atoms with Gasteiger partial charge in [0.1, 0.15) is 0 Å². The maximum Gasteiger partial charge on any atom is 0.340 e. The molecule has 0 aliphatic carbocycles. The molecule has 0 heterocycles. The third-order valence-corrected chi connectivity index (χ3v) is 5.46. The van der Waals surface area contributed by atoms with Crippen LogP contribution >= 0.6 is 0 Å². The van der Waals surface area contributed by atoms with Crippen molar-refractivity contribution in [3.05, 3.63) is 47.0 Å². The van der Waals surface area contributed by atoms with E-state index >= 15 is 0 Å². The number of esters is 2. The molecule has 0 aliphatic rings. The molecule has 2 aromatic carbocycles. The SMILES string of the molecule is COC(=O)c1cc(S(=O)(=O)Nc2cc(OC)c(OC)cc2C(=O)OC)ccc1C. The van der Waals surface area contributed by atoms with E-state index in [1.54, 1.807) is 6.92 Å². The van der Waals surface area contributed by atoms with E-state index in [1.807, 2.05) is 0 Å². The molecule has 0 atom stereocenters. The second-order valence-electron chi connectivity index (χ2n) is 5.82. The van der Waals surface area contributed by atoms with Crippen LogP contribution in [-0.4, -0.2) is 48.8 Å². The molecule has 2 aromatic rings. The summed E-state index contributed by atoms with van der Waals surface area (Å²) < 4.78 is 47.9. The van der Waals surface area contributed by atoms with E-state index in [2.05, 4.69) is 9.46 Å². The van der Waals surface area contributed by atoms with Gasteiger partial charge in [-0.3, -0.25) is 4.72 Å². The van der Waals surface area contributed by atoms with Crippen molar-refractivity contribution in [1.82, 2.24) is 0 Å². The molecule has 0 bridgehead atoms. The summed E-state index contributed by atoms with van der Waals surface area (Å²) in [7, 11) is 0.953. The predicted molar refractivity (Wildman–Crippen MR) is 104 cm³/mol. The monoisotopic (exact) mass is 423 g/mol. The highest BCUT2D eigenvalue weighted by atomic mass is 32.2. The average Bonchev–Trinajstić information content (AvgIpc) is 2.72. The molecular formula is C19H21NO8S. The Morgan fingerprint density at radius 2 is 1.38 bits per heavy atom. The second-order valence-corrected chi connectivity index (χ2v) is 7.50. The van der Waals surface area contributed by atoms with Crippen LogP contribution in [0.5, 0.6) is 11.5 Å². The maximum absolute atomic E-state index is 12.9. The van der Waals surface area contributed by atoms with E-state index in [4.69, 9.17) is 14.2 Å². The van der Waals surface area contributed by atoms with Gasteiger partial charge in [0.15, 0.2) is 11.5 Å². The number of rotatable bonds is 7. The van der Waals surface area contributed by atoms with Gasteiger partial charge in [-0.25, -0.2) is 18.0 Å². The maximum atomic E-state index is 12.9. The fraction of sp³-hybridized carbons (Fsp3) is 0.263. The first-order chi connectivity index (χ1) is 13.7. The smallest absolute Gasteiger partial charge is 0.340 e. The van der Waals surface area contributed by atoms with Gasteiger partial charge in [0.05, 0.1) is 50.1 Å². The lowest BCUT2D eigenvalue weighted by Gasteiger charge is -2.16. The highest BCUT2D eigenvalue weighted by Gasteiger charge is 2.24. The zero-order chi connectivity index (χ0) is 21.8. The molecule has 9 nitrogen and oxygen atoms in total. The van der Waals surface area contributed by atoms with Gasteiger partial charge in [0, 0.05) is 12.1 Å². The molecule has 0 fully saturated rings. The van der Waals surface area contributed by atoms with Crippen LogP contribution in [0.4, 0.5) is 5.69 Å². The number of ether oxygens (including phenoxy) is 4. The molecule has 2 rings (SSSR count). The quantitative estimate of drug-likeness (QED) is 0.675. The summed E-state index contributed by atoms with van der Waals surface area (Å²) in [5.41, 5.74) is 0.511. The number of carbonyl (C=O) groups excluding carboxylic acids is 2. The van der Waals surface area contributed by atoms with Crippen LogP contribution in [0.3, 0.4) is 0 Å². The van der Waals surface area contributed by atoms with Crippen LogP contribution < -0.4 is 14.2 Å². The third-order valence-electron chi connectivity index (χ3n) is 4.10. The number of benzene rings is 2. The van der Waals surface area contributed by atoms with Crippen molar-refractivity contribution in [3.63, 3.8) is 0 Å². The normalized spacial score (nSPS) is 10.8. The third kappa shape index (κ3) is 4.60. The zero-order valence-corrected chi connectivity index (χ0v) is 17.4. The molecule has 10 heteroatoms. The minimum atomic E-state index is -4.17. The first-order valence-corrected chi connectivity index (χ1v) is 9.73. The first kappa shape index (κ1) is 22.0. The molecule has 0 saturated carbocycles. The summed E-state index contributed by atoms with van der Waals surface area (Å²) in [5.74, 6) is -1.01. The topological polar surface area (TPSA) is 117 Å². The Labute approximate surface area is 168 Å². The number of hydrogen-bond donors (Lipinski definition) is 1. The molecule has 29 heavy (non-hydrogen) atoms. The fourth-order valence-corrected chi connectivity index (χ4v) is 3.64. The first-order valence-electron chi connectivity index (χ1n) is 8.24. The van der Waals surface area contributed by atoms with E-state index in [0.29, 0.717) is 5.56 Å². The summed E-state index contributed by atoms with van der Waals surface area (Å²) in [6.45, 7) is 1.65. The number of anilines is 1. The Morgan fingerprint density at radius 3 is 1.93 bits per heavy atom. The van der Waals surface area contributed by atoms with Crippen LogP contribution in [0, 0.1) is 6.92 Å².